The Kier molecular flexibility index (Phi) is 7.50. The molecule has 8 heteroatoms. The monoisotopic (exact) mass is 577 g/mol. The van der Waals surface area contributed by atoms with Crippen LogP contribution in [0.5, 0.6) is 0 Å². The van der Waals surface area contributed by atoms with Gasteiger partial charge in [-0.1, -0.05) is 51.5 Å². The van der Waals surface area contributed by atoms with Gasteiger partial charge >= 0.3 is 11.9 Å². The van der Waals surface area contributed by atoms with E-state index in [-0.39, 0.29) is 58.8 Å². The van der Waals surface area contributed by atoms with E-state index in [4.69, 9.17) is 14.7 Å². The molecule has 42 heavy (non-hydrogen) atoms. The van der Waals surface area contributed by atoms with Crippen LogP contribution in [0.1, 0.15) is 92.0 Å². The topological polar surface area (TPSA) is 100 Å². The number of fused-ring (bicyclic) bond motifs is 6. The van der Waals surface area contributed by atoms with E-state index in [1.165, 1.54) is 14.0 Å². The molecule has 0 spiro atoms. The summed E-state index contributed by atoms with van der Waals surface area (Å²) in [5, 5.41) is 9.21. The Morgan fingerprint density at radius 2 is 1.90 bits per heavy atom. The standard InChI is InChI=1S/C34H47N3O5/c1-19-15-16-33(4)22(17-19)18-27(42-21(3)38)29-24-13-12-23(20(2)11-14-28(39)41-6)34(24,5)32(40)31(30(29)33)37-26-10-8-7-9-25(26)35-36-37/h7-10,19-20,22-24,27,29-31H,11-18H2,1-6H3/t19-,20-,22+,23?,24?,27?,29?,30?,31?,33+,34-/m1/s1. The summed E-state index contributed by atoms with van der Waals surface area (Å²) < 4.78 is 13.1. The number of ether oxygens (including phenoxy) is 2. The van der Waals surface area contributed by atoms with Gasteiger partial charge in [-0.3, -0.25) is 14.4 Å². The lowest BCUT2D eigenvalue weighted by Crippen LogP contribution is -2.65. The predicted molar refractivity (Wildman–Crippen MR) is 158 cm³/mol. The van der Waals surface area contributed by atoms with Gasteiger partial charge in [0.05, 0.1) is 12.6 Å². The largest absolute Gasteiger partial charge is 0.469 e. The Balaban J connectivity index is 1.51. The van der Waals surface area contributed by atoms with E-state index in [2.05, 4.69) is 32.8 Å². The summed E-state index contributed by atoms with van der Waals surface area (Å²) >= 11 is 0. The number of aromatic nitrogens is 3. The van der Waals surface area contributed by atoms with E-state index in [9.17, 15) is 9.59 Å². The third kappa shape index (κ3) is 4.41. The fourth-order valence-corrected chi connectivity index (χ4v) is 10.5. The van der Waals surface area contributed by atoms with E-state index in [0.717, 1.165) is 49.6 Å². The van der Waals surface area contributed by atoms with Crippen molar-refractivity contribution in [1.29, 1.82) is 0 Å². The van der Waals surface area contributed by atoms with Crippen molar-refractivity contribution in [2.24, 2.45) is 52.3 Å². The first-order valence-corrected chi connectivity index (χ1v) is 16.1. The third-order valence-corrected chi connectivity index (χ3v) is 12.5. The maximum absolute atomic E-state index is 15.4. The van der Waals surface area contributed by atoms with Crippen molar-refractivity contribution < 1.29 is 23.9 Å². The number of benzene rings is 1. The van der Waals surface area contributed by atoms with Crippen LogP contribution >= 0.6 is 0 Å². The van der Waals surface area contributed by atoms with Gasteiger partial charge in [0, 0.05) is 30.6 Å². The molecule has 0 N–H and O–H groups in total. The minimum absolute atomic E-state index is 0.00657. The Hall–Kier alpha value is -2.77. The molecule has 0 amide bonds. The van der Waals surface area contributed by atoms with Crippen molar-refractivity contribution in [1.82, 2.24) is 15.0 Å². The minimum Gasteiger partial charge on any atom is -0.469 e. The van der Waals surface area contributed by atoms with Gasteiger partial charge in [0.15, 0.2) is 5.78 Å². The molecule has 4 aliphatic carbocycles. The Morgan fingerprint density at radius 3 is 2.64 bits per heavy atom. The van der Waals surface area contributed by atoms with Crippen molar-refractivity contribution in [3.63, 3.8) is 0 Å². The molecule has 4 saturated carbocycles. The van der Waals surface area contributed by atoms with Crippen molar-refractivity contribution in [2.75, 3.05) is 7.11 Å². The maximum Gasteiger partial charge on any atom is 0.305 e. The van der Waals surface area contributed by atoms with Crippen LogP contribution < -0.4 is 0 Å². The molecule has 8 nitrogen and oxygen atoms in total. The van der Waals surface area contributed by atoms with Crippen molar-refractivity contribution >= 4 is 28.8 Å². The summed E-state index contributed by atoms with van der Waals surface area (Å²) in [6.45, 7) is 10.6. The highest BCUT2D eigenvalue weighted by molar-refractivity contribution is 5.92. The summed E-state index contributed by atoms with van der Waals surface area (Å²) in [5.74, 6) is 1.22. The second-order valence-electron chi connectivity index (χ2n) is 14.6. The Bertz CT molecular complexity index is 1370. The zero-order valence-electron chi connectivity index (χ0n) is 26.0. The van der Waals surface area contributed by atoms with Crippen LogP contribution in [0.15, 0.2) is 24.3 Å². The number of carbonyl (C=O) groups excluding carboxylic acids is 3. The maximum atomic E-state index is 15.4. The van der Waals surface area contributed by atoms with Crippen molar-refractivity contribution in [3.05, 3.63) is 24.3 Å². The number of Topliss-reactive ketones (excluding diaryl/α,β-unsaturated/α-hetero) is 1. The average molecular weight is 578 g/mol. The number of rotatable bonds is 6. The van der Waals surface area contributed by atoms with Gasteiger partial charge in [-0.2, -0.15) is 0 Å². The van der Waals surface area contributed by atoms with E-state index >= 15 is 4.79 Å². The summed E-state index contributed by atoms with van der Waals surface area (Å²) in [7, 11) is 1.43. The van der Waals surface area contributed by atoms with Crippen LogP contribution in [0.4, 0.5) is 0 Å². The first kappa shape index (κ1) is 29.3. The molecular formula is C34H47N3O5. The zero-order valence-corrected chi connectivity index (χ0v) is 26.0. The fourth-order valence-electron chi connectivity index (χ4n) is 10.5. The average Bonchev–Trinajstić information content (AvgIpc) is 3.54. The number of ketones is 1. The molecule has 228 valence electrons. The normalized spacial score (nSPS) is 40.1. The number of nitrogens with zero attached hydrogens (tertiary/aromatic N) is 3. The molecule has 6 unspecified atom stereocenters. The molecule has 1 aromatic carbocycles. The Labute approximate surface area is 249 Å². The highest BCUT2D eigenvalue weighted by Gasteiger charge is 2.70. The summed E-state index contributed by atoms with van der Waals surface area (Å²) in [6.07, 6.45) is 6.80. The van der Waals surface area contributed by atoms with Gasteiger partial charge in [0.2, 0.25) is 0 Å². The number of carbonyl (C=O) groups is 3. The molecule has 0 saturated heterocycles. The molecule has 1 aromatic heterocycles. The van der Waals surface area contributed by atoms with Gasteiger partial charge in [0.25, 0.3) is 0 Å². The summed E-state index contributed by atoms with van der Waals surface area (Å²) in [6, 6.07) is 7.43. The summed E-state index contributed by atoms with van der Waals surface area (Å²) in [4.78, 5) is 40.0. The lowest BCUT2D eigenvalue weighted by Gasteiger charge is -2.64. The number of methoxy groups -OCH3 is 1. The van der Waals surface area contributed by atoms with Crippen LogP contribution in [0.3, 0.4) is 0 Å². The van der Waals surface area contributed by atoms with Crippen LogP contribution in [-0.2, 0) is 23.9 Å². The van der Waals surface area contributed by atoms with E-state index in [1.54, 1.807) is 0 Å². The second-order valence-corrected chi connectivity index (χ2v) is 14.6. The molecule has 4 aliphatic rings. The van der Waals surface area contributed by atoms with Gasteiger partial charge in [-0.15, -0.1) is 5.10 Å². The minimum atomic E-state index is -0.627. The molecule has 4 fully saturated rings. The van der Waals surface area contributed by atoms with Crippen molar-refractivity contribution in [3.8, 4) is 0 Å². The molecule has 0 bridgehead atoms. The summed E-state index contributed by atoms with van der Waals surface area (Å²) in [5.41, 5.74) is 0.966. The van der Waals surface area contributed by atoms with E-state index < -0.39 is 11.5 Å². The quantitative estimate of drug-likeness (QED) is 0.378. The fraction of sp³-hybridized carbons (Fsp3) is 0.735. The lowest BCUT2D eigenvalue weighted by atomic mass is 9.41. The molecule has 2 aromatic rings. The van der Waals surface area contributed by atoms with Crippen LogP contribution in [0.2, 0.25) is 0 Å². The van der Waals surface area contributed by atoms with Gasteiger partial charge in [0.1, 0.15) is 17.7 Å². The lowest BCUT2D eigenvalue weighted by molar-refractivity contribution is -0.202. The van der Waals surface area contributed by atoms with Crippen LogP contribution in [0, 0.1) is 52.3 Å². The number of esters is 2. The molecule has 11 atom stereocenters. The smallest absolute Gasteiger partial charge is 0.305 e. The first-order valence-electron chi connectivity index (χ1n) is 16.1. The molecule has 1 heterocycles. The van der Waals surface area contributed by atoms with Crippen LogP contribution in [-0.4, -0.2) is 45.9 Å². The molecule has 6 rings (SSSR count). The molecule has 0 radical (unpaired) electrons. The SMILES string of the molecule is COC(=O)CC[C@@H](C)C1CCC2C3C(OC(C)=O)C[C@@H]4C[C@H](C)CC[C@]4(C)C3C(n3nnc4ccccc43)C(=O)[C@@]21C. The Morgan fingerprint density at radius 1 is 1.14 bits per heavy atom. The van der Waals surface area contributed by atoms with E-state index in [0.29, 0.717) is 24.7 Å². The predicted octanol–water partition coefficient (Wildman–Crippen LogP) is 6.19. The first-order chi connectivity index (χ1) is 20.0. The second kappa shape index (κ2) is 10.7. The van der Waals surface area contributed by atoms with Gasteiger partial charge in [-0.25, -0.2) is 4.68 Å². The number of hydrogen-bond donors (Lipinski definition) is 0. The van der Waals surface area contributed by atoms with Crippen LogP contribution in [0.25, 0.3) is 11.0 Å². The molecule has 0 aliphatic heterocycles. The van der Waals surface area contributed by atoms with Gasteiger partial charge in [-0.05, 0) is 85.7 Å². The number of para-hydroxylation sites is 1. The van der Waals surface area contributed by atoms with E-state index in [1.807, 2.05) is 28.9 Å². The van der Waals surface area contributed by atoms with Gasteiger partial charge < -0.3 is 9.47 Å². The third-order valence-electron chi connectivity index (χ3n) is 12.5. The zero-order chi connectivity index (χ0) is 30.0. The molecular weight excluding hydrogens is 530 g/mol. The number of hydrogen-bond acceptors (Lipinski definition) is 7. The highest BCUT2D eigenvalue weighted by Crippen LogP contribution is 2.70. The van der Waals surface area contributed by atoms with Crippen molar-refractivity contribution in [2.45, 2.75) is 98.1 Å². The highest BCUT2D eigenvalue weighted by atomic mass is 16.5.